The summed E-state index contributed by atoms with van der Waals surface area (Å²) < 4.78 is 0. The van der Waals surface area contributed by atoms with Gasteiger partial charge < -0.3 is 10.4 Å². The first-order valence-corrected chi connectivity index (χ1v) is 4.79. The molecule has 2 atom stereocenters. The second-order valence-electron chi connectivity index (χ2n) is 3.31. The van der Waals surface area contributed by atoms with Gasteiger partial charge in [0.2, 0.25) is 0 Å². The Bertz CT molecular complexity index is 271. The van der Waals surface area contributed by atoms with Gasteiger partial charge in [0.15, 0.2) is 0 Å². The quantitative estimate of drug-likeness (QED) is 0.689. The summed E-state index contributed by atoms with van der Waals surface area (Å²) in [4.78, 5) is 0. The number of likely N-dealkylation sites (N-methyl/N-ethyl adjacent to an activating group) is 1. The number of rotatable bonds is 5. The van der Waals surface area contributed by atoms with Crippen molar-refractivity contribution in [1.82, 2.24) is 5.32 Å². The predicted octanol–water partition coefficient (Wildman–Crippen LogP) is 1.36. The summed E-state index contributed by atoms with van der Waals surface area (Å²) in [5, 5.41) is 12.7. The first-order valence-electron chi connectivity index (χ1n) is 4.79. The van der Waals surface area contributed by atoms with Crippen molar-refractivity contribution in [3.05, 3.63) is 48.6 Å². The third-order valence-corrected chi connectivity index (χ3v) is 2.32. The van der Waals surface area contributed by atoms with E-state index in [2.05, 4.69) is 24.0 Å². The molecule has 1 aromatic carbocycles. The van der Waals surface area contributed by atoms with Gasteiger partial charge in [0.05, 0.1) is 6.10 Å². The van der Waals surface area contributed by atoms with E-state index in [4.69, 9.17) is 0 Å². The number of aliphatic hydroxyl groups is 1. The van der Waals surface area contributed by atoms with Gasteiger partial charge in [-0.1, -0.05) is 36.4 Å². The Morgan fingerprint density at radius 3 is 2.57 bits per heavy atom. The molecule has 2 nitrogen and oxygen atoms in total. The van der Waals surface area contributed by atoms with Crippen molar-refractivity contribution in [2.45, 2.75) is 18.6 Å². The number of nitrogens with one attached hydrogen (secondary N) is 1. The molecule has 0 aliphatic heterocycles. The molecule has 76 valence electrons. The fraction of sp³-hybridized carbons (Fsp3) is 0.333. The molecule has 0 fully saturated rings. The molecule has 0 spiro atoms. The lowest BCUT2D eigenvalue weighted by molar-refractivity contribution is 0.176. The SMILES string of the molecule is C=CC(O)[C@@H](Cc1ccccc1)NC. The van der Waals surface area contributed by atoms with E-state index in [9.17, 15) is 5.11 Å². The minimum Gasteiger partial charge on any atom is -0.387 e. The number of hydrogen-bond acceptors (Lipinski definition) is 2. The van der Waals surface area contributed by atoms with Gasteiger partial charge in [0, 0.05) is 6.04 Å². The molecule has 0 aromatic heterocycles. The van der Waals surface area contributed by atoms with Crippen molar-refractivity contribution in [3.63, 3.8) is 0 Å². The van der Waals surface area contributed by atoms with Crippen molar-refractivity contribution < 1.29 is 5.11 Å². The minimum atomic E-state index is -0.500. The predicted molar refractivity (Wildman–Crippen MR) is 59.2 cm³/mol. The normalized spacial score (nSPS) is 14.7. The van der Waals surface area contributed by atoms with Crippen LogP contribution in [0.1, 0.15) is 5.56 Å². The number of benzene rings is 1. The summed E-state index contributed by atoms with van der Waals surface area (Å²) in [5.41, 5.74) is 1.22. The number of hydrogen-bond donors (Lipinski definition) is 2. The van der Waals surface area contributed by atoms with E-state index in [-0.39, 0.29) is 6.04 Å². The van der Waals surface area contributed by atoms with Crippen LogP contribution in [0.25, 0.3) is 0 Å². The summed E-state index contributed by atoms with van der Waals surface area (Å²) in [6, 6.07) is 10.1. The summed E-state index contributed by atoms with van der Waals surface area (Å²) in [6.07, 6.45) is 1.87. The molecule has 2 N–H and O–H groups in total. The van der Waals surface area contributed by atoms with Crippen LogP contribution in [0.4, 0.5) is 0 Å². The molecule has 0 amide bonds. The molecule has 0 aliphatic carbocycles. The summed E-state index contributed by atoms with van der Waals surface area (Å²) >= 11 is 0. The fourth-order valence-corrected chi connectivity index (χ4v) is 1.43. The molecule has 1 rings (SSSR count). The van der Waals surface area contributed by atoms with Crippen LogP contribution in [0, 0.1) is 0 Å². The Morgan fingerprint density at radius 2 is 2.07 bits per heavy atom. The molecule has 0 heterocycles. The van der Waals surface area contributed by atoms with Crippen LogP contribution in [0.5, 0.6) is 0 Å². The third kappa shape index (κ3) is 2.98. The zero-order chi connectivity index (χ0) is 10.4. The Morgan fingerprint density at radius 1 is 1.43 bits per heavy atom. The third-order valence-electron chi connectivity index (χ3n) is 2.32. The first kappa shape index (κ1) is 11.0. The van der Waals surface area contributed by atoms with Gasteiger partial charge in [-0.2, -0.15) is 0 Å². The summed E-state index contributed by atoms with van der Waals surface area (Å²) in [6.45, 7) is 3.58. The molecular formula is C12H17NO. The first-order chi connectivity index (χ1) is 6.77. The molecular weight excluding hydrogens is 174 g/mol. The Balaban J connectivity index is 2.61. The maximum Gasteiger partial charge on any atom is 0.0874 e. The molecule has 1 aromatic rings. The summed E-state index contributed by atoms with van der Waals surface area (Å²) in [5.74, 6) is 0. The zero-order valence-electron chi connectivity index (χ0n) is 8.48. The topological polar surface area (TPSA) is 32.3 Å². The van der Waals surface area contributed by atoms with Gasteiger partial charge in [0.1, 0.15) is 0 Å². The summed E-state index contributed by atoms with van der Waals surface area (Å²) in [7, 11) is 1.85. The molecule has 0 radical (unpaired) electrons. The lowest BCUT2D eigenvalue weighted by atomic mass is 10.0. The van der Waals surface area contributed by atoms with Crippen LogP contribution in [-0.4, -0.2) is 24.3 Å². The smallest absolute Gasteiger partial charge is 0.0874 e. The zero-order valence-corrected chi connectivity index (χ0v) is 8.48. The molecule has 0 saturated carbocycles. The van der Waals surface area contributed by atoms with Gasteiger partial charge in [0.25, 0.3) is 0 Å². The van der Waals surface area contributed by atoms with Gasteiger partial charge in [-0.05, 0) is 19.0 Å². The van der Waals surface area contributed by atoms with E-state index >= 15 is 0 Å². The Hall–Kier alpha value is -1.12. The van der Waals surface area contributed by atoms with Crippen LogP contribution < -0.4 is 5.32 Å². The average molecular weight is 191 g/mol. The molecule has 2 heteroatoms. The minimum absolute atomic E-state index is 0.0369. The van der Waals surface area contributed by atoms with Crippen molar-refractivity contribution in [2.24, 2.45) is 0 Å². The standard InChI is InChI=1S/C12H17NO/c1-3-12(14)11(13-2)9-10-7-5-4-6-8-10/h3-8,11-14H,1,9H2,2H3/t11-,12?/m1/s1. The molecule has 0 saturated heterocycles. The highest BCUT2D eigenvalue weighted by molar-refractivity contribution is 5.16. The molecule has 0 bridgehead atoms. The van der Waals surface area contributed by atoms with E-state index in [0.717, 1.165) is 6.42 Å². The van der Waals surface area contributed by atoms with E-state index in [1.54, 1.807) is 6.08 Å². The maximum atomic E-state index is 9.60. The van der Waals surface area contributed by atoms with Crippen molar-refractivity contribution in [3.8, 4) is 0 Å². The van der Waals surface area contributed by atoms with Gasteiger partial charge >= 0.3 is 0 Å². The van der Waals surface area contributed by atoms with E-state index in [1.807, 2.05) is 25.2 Å². The van der Waals surface area contributed by atoms with Crippen LogP contribution in [-0.2, 0) is 6.42 Å². The lowest BCUT2D eigenvalue weighted by Gasteiger charge is -2.19. The second kappa shape index (κ2) is 5.58. The fourth-order valence-electron chi connectivity index (χ4n) is 1.43. The van der Waals surface area contributed by atoms with Crippen molar-refractivity contribution >= 4 is 0 Å². The van der Waals surface area contributed by atoms with E-state index in [1.165, 1.54) is 5.56 Å². The van der Waals surface area contributed by atoms with Crippen LogP contribution in [0.2, 0.25) is 0 Å². The lowest BCUT2D eigenvalue weighted by Crippen LogP contribution is -2.38. The highest BCUT2D eigenvalue weighted by atomic mass is 16.3. The Labute approximate surface area is 85.3 Å². The van der Waals surface area contributed by atoms with Gasteiger partial charge in [-0.3, -0.25) is 0 Å². The van der Waals surface area contributed by atoms with E-state index in [0.29, 0.717) is 0 Å². The molecule has 14 heavy (non-hydrogen) atoms. The van der Waals surface area contributed by atoms with Crippen molar-refractivity contribution in [2.75, 3.05) is 7.05 Å². The van der Waals surface area contributed by atoms with Crippen LogP contribution in [0.15, 0.2) is 43.0 Å². The van der Waals surface area contributed by atoms with Gasteiger partial charge in [-0.25, -0.2) is 0 Å². The Kier molecular flexibility index (Phi) is 4.36. The highest BCUT2D eigenvalue weighted by Gasteiger charge is 2.13. The number of aliphatic hydroxyl groups excluding tert-OH is 1. The highest BCUT2D eigenvalue weighted by Crippen LogP contribution is 2.06. The maximum absolute atomic E-state index is 9.60. The molecule has 1 unspecified atom stereocenters. The largest absolute Gasteiger partial charge is 0.387 e. The van der Waals surface area contributed by atoms with E-state index < -0.39 is 6.10 Å². The van der Waals surface area contributed by atoms with Crippen LogP contribution >= 0.6 is 0 Å². The second-order valence-corrected chi connectivity index (χ2v) is 3.31. The van der Waals surface area contributed by atoms with Crippen molar-refractivity contribution in [1.29, 1.82) is 0 Å². The molecule has 0 aliphatic rings. The average Bonchev–Trinajstić information content (AvgIpc) is 2.26. The van der Waals surface area contributed by atoms with Crippen LogP contribution in [0.3, 0.4) is 0 Å². The van der Waals surface area contributed by atoms with Gasteiger partial charge in [-0.15, -0.1) is 6.58 Å². The monoisotopic (exact) mass is 191 g/mol.